The molecular weight excluding hydrogens is 445 g/mol. The van der Waals surface area contributed by atoms with Gasteiger partial charge in [0, 0.05) is 3.57 Å². The monoisotopic (exact) mass is 463 g/mol. The first kappa shape index (κ1) is 18.4. The lowest BCUT2D eigenvalue weighted by atomic mass is 9.87. The summed E-state index contributed by atoms with van der Waals surface area (Å²) in [5, 5.41) is 5.51. The van der Waals surface area contributed by atoms with Crippen LogP contribution in [0.25, 0.3) is 0 Å². The largest absolute Gasteiger partial charge is 0.325 e. The molecule has 0 saturated carbocycles. The summed E-state index contributed by atoms with van der Waals surface area (Å²) in [6.07, 6.45) is 0.399. The van der Waals surface area contributed by atoms with Gasteiger partial charge in [-0.15, -0.1) is 0 Å². The summed E-state index contributed by atoms with van der Waals surface area (Å²) in [6.45, 7) is 1.51. The van der Waals surface area contributed by atoms with E-state index in [2.05, 4.69) is 33.2 Å². The SMILES string of the molecule is CCC1(c2ccccc2)NC(=O)N(CC(=O)Nc2ccccc2I)C1=O. The number of hydrogen-bond acceptors (Lipinski definition) is 3. The average Bonchev–Trinajstić information content (AvgIpc) is 2.89. The molecular formula is C19H18IN3O3. The molecule has 6 nitrogen and oxygen atoms in total. The summed E-state index contributed by atoms with van der Waals surface area (Å²) in [7, 11) is 0. The average molecular weight is 463 g/mol. The van der Waals surface area contributed by atoms with Crippen molar-refractivity contribution in [1.29, 1.82) is 0 Å². The highest BCUT2D eigenvalue weighted by Gasteiger charge is 2.51. The number of nitrogens with one attached hydrogen (secondary N) is 2. The van der Waals surface area contributed by atoms with Gasteiger partial charge in [-0.3, -0.25) is 14.5 Å². The second-order valence-corrected chi connectivity index (χ2v) is 7.14. The molecule has 0 spiro atoms. The van der Waals surface area contributed by atoms with Gasteiger partial charge in [-0.25, -0.2) is 4.79 Å². The lowest BCUT2D eigenvalue weighted by Crippen LogP contribution is -2.44. The van der Waals surface area contributed by atoms with Crippen molar-refractivity contribution in [3.8, 4) is 0 Å². The molecule has 4 amide bonds. The number of benzene rings is 2. The van der Waals surface area contributed by atoms with Gasteiger partial charge in [-0.1, -0.05) is 49.4 Å². The molecule has 1 heterocycles. The molecule has 26 heavy (non-hydrogen) atoms. The van der Waals surface area contributed by atoms with Gasteiger partial charge in [0.1, 0.15) is 12.1 Å². The Balaban J connectivity index is 1.79. The molecule has 1 fully saturated rings. The molecule has 0 radical (unpaired) electrons. The van der Waals surface area contributed by atoms with E-state index in [1.807, 2.05) is 43.3 Å². The van der Waals surface area contributed by atoms with Gasteiger partial charge in [0.15, 0.2) is 0 Å². The molecule has 134 valence electrons. The maximum Gasteiger partial charge on any atom is 0.325 e. The Labute approximate surface area is 165 Å². The van der Waals surface area contributed by atoms with Gasteiger partial charge in [0.2, 0.25) is 5.91 Å². The number of imide groups is 1. The van der Waals surface area contributed by atoms with Crippen LogP contribution in [0.15, 0.2) is 54.6 Å². The van der Waals surface area contributed by atoms with Crippen LogP contribution < -0.4 is 10.6 Å². The standard InChI is InChI=1S/C19H18IN3O3/c1-2-19(13-8-4-3-5-9-13)17(25)23(18(26)22-19)12-16(24)21-15-11-7-6-10-14(15)20/h3-11H,2,12H2,1H3,(H,21,24)(H,22,26). The number of para-hydroxylation sites is 1. The Morgan fingerprint density at radius 1 is 1.12 bits per heavy atom. The molecule has 3 rings (SSSR count). The third kappa shape index (κ3) is 3.31. The summed E-state index contributed by atoms with van der Waals surface area (Å²) in [5.74, 6) is -0.827. The van der Waals surface area contributed by atoms with Gasteiger partial charge in [0.05, 0.1) is 5.69 Å². The van der Waals surface area contributed by atoms with Crippen molar-refractivity contribution in [2.45, 2.75) is 18.9 Å². The first-order chi connectivity index (χ1) is 12.5. The van der Waals surface area contributed by atoms with Crippen molar-refractivity contribution in [1.82, 2.24) is 10.2 Å². The first-order valence-electron chi connectivity index (χ1n) is 8.22. The number of halogens is 1. The zero-order valence-corrected chi connectivity index (χ0v) is 16.3. The van der Waals surface area contributed by atoms with Crippen LogP contribution in [-0.4, -0.2) is 29.3 Å². The van der Waals surface area contributed by atoms with Crippen molar-refractivity contribution in [2.75, 3.05) is 11.9 Å². The quantitative estimate of drug-likeness (QED) is 0.529. The first-order valence-corrected chi connectivity index (χ1v) is 9.30. The zero-order valence-electron chi connectivity index (χ0n) is 14.2. The molecule has 1 aliphatic heterocycles. The molecule has 1 unspecified atom stereocenters. The summed E-state index contributed by atoms with van der Waals surface area (Å²) in [6, 6.07) is 15.8. The van der Waals surface area contributed by atoms with Crippen molar-refractivity contribution in [3.63, 3.8) is 0 Å². The normalized spacial score (nSPS) is 19.4. The highest BCUT2D eigenvalue weighted by molar-refractivity contribution is 14.1. The number of amides is 4. The van der Waals surface area contributed by atoms with E-state index in [1.54, 1.807) is 18.2 Å². The Kier molecular flexibility index (Phi) is 5.26. The van der Waals surface area contributed by atoms with E-state index in [4.69, 9.17) is 0 Å². The van der Waals surface area contributed by atoms with Crippen molar-refractivity contribution in [3.05, 3.63) is 63.7 Å². The second-order valence-electron chi connectivity index (χ2n) is 5.97. The zero-order chi connectivity index (χ0) is 18.7. The van der Waals surface area contributed by atoms with Crippen molar-refractivity contribution < 1.29 is 14.4 Å². The Morgan fingerprint density at radius 2 is 1.77 bits per heavy atom. The van der Waals surface area contributed by atoms with E-state index in [0.717, 1.165) is 8.47 Å². The van der Waals surface area contributed by atoms with Crippen LogP contribution in [0, 0.1) is 3.57 Å². The van der Waals surface area contributed by atoms with Gasteiger partial charge in [0.25, 0.3) is 5.91 Å². The Bertz CT molecular complexity index is 856. The van der Waals surface area contributed by atoms with Gasteiger partial charge in [-0.05, 0) is 46.7 Å². The van der Waals surface area contributed by atoms with Crippen LogP contribution >= 0.6 is 22.6 Å². The predicted octanol–water partition coefficient (Wildman–Crippen LogP) is 3.09. The molecule has 2 N–H and O–H groups in total. The van der Waals surface area contributed by atoms with Crippen LogP contribution in [0.1, 0.15) is 18.9 Å². The fourth-order valence-corrected chi connectivity index (χ4v) is 3.55. The minimum atomic E-state index is -1.13. The van der Waals surface area contributed by atoms with Crippen molar-refractivity contribution in [2.24, 2.45) is 0 Å². The topological polar surface area (TPSA) is 78.5 Å². The van der Waals surface area contributed by atoms with Crippen LogP contribution in [0.5, 0.6) is 0 Å². The summed E-state index contributed by atoms with van der Waals surface area (Å²) < 4.78 is 0.878. The van der Waals surface area contributed by atoms with E-state index in [-0.39, 0.29) is 6.54 Å². The molecule has 7 heteroatoms. The van der Waals surface area contributed by atoms with Gasteiger partial charge in [-0.2, -0.15) is 0 Å². The fourth-order valence-electron chi connectivity index (χ4n) is 3.03. The maximum atomic E-state index is 13.0. The van der Waals surface area contributed by atoms with E-state index in [1.165, 1.54) is 0 Å². The molecule has 2 aromatic rings. The smallest absolute Gasteiger partial charge is 0.324 e. The number of anilines is 1. The number of hydrogen-bond donors (Lipinski definition) is 2. The highest BCUT2D eigenvalue weighted by atomic mass is 127. The van der Waals surface area contributed by atoms with Crippen LogP contribution in [0.4, 0.5) is 10.5 Å². The van der Waals surface area contributed by atoms with E-state index in [9.17, 15) is 14.4 Å². The van der Waals surface area contributed by atoms with E-state index < -0.39 is 23.4 Å². The molecule has 0 bridgehead atoms. The summed E-state index contributed by atoms with van der Waals surface area (Å²) in [5.41, 5.74) is 0.233. The maximum absolute atomic E-state index is 13.0. The molecule has 1 saturated heterocycles. The van der Waals surface area contributed by atoms with E-state index >= 15 is 0 Å². The van der Waals surface area contributed by atoms with E-state index in [0.29, 0.717) is 17.7 Å². The Morgan fingerprint density at radius 3 is 2.42 bits per heavy atom. The third-order valence-electron chi connectivity index (χ3n) is 4.42. The van der Waals surface area contributed by atoms with Gasteiger partial charge < -0.3 is 10.6 Å². The number of nitrogens with zero attached hydrogens (tertiary/aromatic N) is 1. The second kappa shape index (κ2) is 7.45. The number of urea groups is 1. The number of carbonyl (C=O) groups is 3. The Hall–Kier alpha value is -2.42. The number of rotatable bonds is 5. The fraction of sp³-hybridized carbons (Fsp3) is 0.211. The van der Waals surface area contributed by atoms with Crippen LogP contribution in [-0.2, 0) is 15.1 Å². The molecule has 1 aliphatic rings. The molecule has 0 aliphatic carbocycles. The minimum absolute atomic E-state index is 0.329. The lowest BCUT2D eigenvalue weighted by molar-refractivity contribution is -0.134. The molecule has 1 atom stereocenters. The van der Waals surface area contributed by atoms with Crippen molar-refractivity contribution >= 4 is 46.1 Å². The summed E-state index contributed by atoms with van der Waals surface area (Å²) in [4.78, 5) is 38.7. The molecule has 0 aromatic heterocycles. The lowest BCUT2D eigenvalue weighted by Gasteiger charge is -2.25. The molecule has 2 aromatic carbocycles. The van der Waals surface area contributed by atoms with Crippen LogP contribution in [0.3, 0.4) is 0 Å². The minimum Gasteiger partial charge on any atom is -0.324 e. The predicted molar refractivity (Wildman–Crippen MR) is 106 cm³/mol. The number of carbonyl (C=O) groups excluding carboxylic acids is 3. The van der Waals surface area contributed by atoms with Crippen LogP contribution in [0.2, 0.25) is 0 Å². The third-order valence-corrected chi connectivity index (χ3v) is 5.36. The highest BCUT2D eigenvalue weighted by Crippen LogP contribution is 2.32. The summed E-state index contributed by atoms with van der Waals surface area (Å²) >= 11 is 2.11. The van der Waals surface area contributed by atoms with Gasteiger partial charge >= 0.3 is 6.03 Å².